The molecule has 0 radical (unpaired) electrons. The summed E-state index contributed by atoms with van der Waals surface area (Å²) in [6.07, 6.45) is 4.06. The number of rotatable bonds is 12. The molecule has 4 rings (SSSR count). The van der Waals surface area contributed by atoms with Crippen molar-refractivity contribution in [3.05, 3.63) is 96.1 Å². The molecular weight excluding hydrogens is 480 g/mol. The number of fused-ring (bicyclic) bond motifs is 1. The Balaban J connectivity index is 1.46. The van der Waals surface area contributed by atoms with E-state index >= 15 is 0 Å². The molecule has 0 aromatic heterocycles. The Morgan fingerprint density at radius 3 is 1.32 bits per heavy atom. The molecule has 6 heteroatoms. The van der Waals surface area contributed by atoms with Crippen molar-refractivity contribution in [3.63, 3.8) is 0 Å². The van der Waals surface area contributed by atoms with E-state index in [0.29, 0.717) is 58.1 Å². The van der Waals surface area contributed by atoms with Gasteiger partial charge in [-0.15, -0.1) is 0 Å². The molecule has 0 spiro atoms. The van der Waals surface area contributed by atoms with Crippen molar-refractivity contribution in [1.82, 2.24) is 0 Å². The van der Waals surface area contributed by atoms with Crippen LogP contribution in [0.1, 0.15) is 60.2 Å². The van der Waals surface area contributed by atoms with Crippen LogP contribution in [0.25, 0.3) is 10.8 Å². The average Bonchev–Trinajstić information content (AvgIpc) is 2.94. The highest BCUT2D eigenvalue weighted by Gasteiger charge is 2.15. The normalized spacial score (nSPS) is 10.7. The second-order valence-corrected chi connectivity index (χ2v) is 8.84. The summed E-state index contributed by atoms with van der Waals surface area (Å²) >= 11 is 0. The number of unbranched alkanes of at least 4 members (excludes halogenated alkanes) is 2. The SMILES string of the molecule is CCCCOc1ccc(C(=O)Oc2cccc3c(OC(=O)c4ccc(OCCCC)cc4)cccc23)cc1. The van der Waals surface area contributed by atoms with Crippen LogP contribution < -0.4 is 18.9 Å². The highest BCUT2D eigenvalue weighted by Crippen LogP contribution is 2.33. The summed E-state index contributed by atoms with van der Waals surface area (Å²) in [6.45, 7) is 5.49. The first-order valence-electron chi connectivity index (χ1n) is 13.0. The van der Waals surface area contributed by atoms with Gasteiger partial charge in [0.15, 0.2) is 0 Å². The minimum absolute atomic E-state index is 0.377. The lowest BCUT2D eigenvalue weighted by atomic mass is 10.1. The fourth-order valence-electron chi connectivity index (χ4n) is 3.79. The Labute approximate surface area is 223 Å². The second kappa shape index (κ2) is 13.3. The molecule has 0 aliphatic carbocycles. The van der Waals surface area contributed by atoms with Gasteiger partial charge in [-0.1, -0.05) is 51.0 Å². The zero-order valence-corrected chi connectivity index (χ0v) is 21.8. The molecule has 0 fully saturated rings. The van der Waals surface area contributed by atoms with E-state index in [1.807, 2.05) is 12.1 Å². The Morgan fingerprint density at radius 1 is 0.553 bits per heavy atom. The van der Waals surface area contributed by atoms with Gasteiger partial charge in [0.2, 0.25) is 0 Å². The zero-order chi connectivity index (χ0) is 26.7. The van der Waals surface area contributed by atoms with Crippen LogP contribution in [0.2, 0.25) is 0 Å². The first-order valence-corrected chi connectivity index (χ1v) is 13.0. The molecule has 38 heavy (non-hydrogen) atoms. The fraction of sp³-hybridized carbons (Fsp3) is 0.250. The summed E-state index contributed by atoms with van der Waals surface area (Å²) in [4.78, 5) is 25.7. The summed E-state index contributed by atoms with van der Waals surface area (Å²) in [5, 5.41) is 1.32. The summed E-state index contributed by atoms with van der Waals surface area (Å²) in [5.74, 6) is 1.21. The number of ether oxygens (including phenoxy) is 4. The molecule has 4 aromatic rings. The number of carbonyl (C=O) groups excluding carboxylic acids is 2. The molecule has 0 heterocycles. The molecule has 0 saturated carbocycles. The van der Waals surface area contributed by atoms with Crippen LogP contribution in [0.3, 0.4) is 0 Å². The fourth-order valence-corrected chi connectivity index (χ4v) is 3.79. The predicted octanol–water partition coefficient (Wildman–Crippen LogP) is 7.64. The highest BCUT2D eigenvalue weighted by molar-refractivity contribution is 5.99. The number of esters is 2. The maximum atomic E-state index is 12.8. The van der Waals surface area contributed by atoms with E-state index in [-0.39, 0.29) is 0 Å². The molecule has 0 bridgehead atoms. The molecule has 0 N–H and O–H groups in total. The van der Waals surface area contributed by atoms with E-state index < -0.39 is 11.9 Å². The van der Waals surface area contributed by atoms with Gasteiger partial charge in [-0.2, -0.15) is 0 Å². The molecule has 6 nitrogen and oxygen atoms in total. The molecule has 0 unspecified atom stereocenters. The van der Waals surface area contributed by atoms with Gasteiger partial charge in [-0.25, -0.2) is 9.59 Å². The van der Waals surface area contributed by atoms with Crippen LogP contribution >= 0.6 is 0 Å². The van der Waals surface area contributed by atoms with E-state index in [9.17, 15) is 9.59 Å². The summed E-state index contributed by atoms with van der Waals surface area (Å²) in [7, 11) is 0. The highest BCUT2D eigenvalue weighted by atomic mass is 16.5. The van der Waals surface area contributed by atoms with Crippen molar-refractivity contribution >= 4 is 22.7 Å². The molecule has 4 aromatic carbocycles. The van der Waals surface area contributed by atoms with Gasteiger partial charge in [-0.3, -0.25) is 0 Å². The minimum atomic E-state index is -0.485. The predicted molar refractivity (Wildman–Crippen MR) is 148 cm³/mol. The van der Waals surface area contributed by atoms with Crippen LogP contribution in [0.5, 0.6) is 23.0 Å². The topological polar surface area (TPSA) is 71.1 Å². The maximum absolute atomic E-state index is 12.8. The van der Waals surface area contributed by atoms with E-state index in [0.717, 1.165) is 25.7 Å². The number of benzene rings is 4. The first kappa shape index (κ1) is 26.7. The molecule has 0 aliphatic rings. The van der Waals surface area contributed by atoms with Gasteiger partial charge in [0.1, 0.15) is 23.0 Å². The van der Waals surface area contributed by atoms with Crippen LogP contribution in [0, 0.1) is 0 Å². The van der Waals surface area contributed by atoms with Crippen molar-refractivity contribution in [2.75, 3.05) is 13.2 Å². The number of hydrogen-bond donors (Lipinski definition) is 0. The van der Waals surface area contributed by atoms with E-state index in [4.69, 9.17) is 18.9 Å². The van der Waals surface area contributed by atoms with Crippen molar-refractivity contribution in [2.45, 2.75) is 39.5 Å². The van der Waals surface area contributed by atoms with Gasteiger partial charge >= 0.3 is 11.9 Å². The van der Waals surface area contributed by atoms with Gasteiger partial charge in [0.05, 0.1) is 24.3 Å². The third kappa shape index (κ3) is 6.91. The van der Waals surface area contributed by atoms with Crippen LogP contribution in [0.4, 0.5) is 0 Å². The minimum Gasteiger partial charge on any atom is -0.494 e. The van der Waals surface area contributed by atoms with E-state index in [1.165, 1.54) is 0 Å². The van der Waals surface area contributed by atoms with Gasteiger partial charge in [0, 0.05) is 10.8 Å². The summed E-state index contributed by atoms with van der Waals surface area (Å²) in [6, 6.07) is 24.4. The lowest BCUT2D eigenvalue weighted by molar-refractivity contribution is 0.0725. The third-order valence-corrected chi connectivity index (χ3v) is 5.96. The molecule has 196 valence electrons. The van der Waals surface area contributed by atoms with E-state index in [2.05, 4.69) is 13.8 Å². The van der Waals surface area contributed by atoms with Gasteiger partial charge in [0.25, 0.3) is 0 Å². The molecule has 0 atom stereocenters. The monoisotopic (exact) mass is 512 g/mol. The molecule has 0 amide bonds. The first-order chi connectivity index (χ1) is 18.6. The van der Waals surface area contributed by atoms with Crippen molar-refractivity contribution in [2.24, 2.45) is 0 Å². The molecule has 0 saturated heterocycles. The Kier molecular flexibility index (Phi) is 9.35. The van der Waals surface area contributed by atoms with Crippen molar-refractivity contribution < 1.29 is 28.5 Å². The largest absolute Gasteiger partial charge is 0.494 e. The maximum Gasteiger partial charge on any atom is 0.343 e. The Hall–Kier alpha value is -4.32. The number of hydrogen-bond acceptors (Lipinski definition) is 6. The smallest absolute Gasteiger partial charge is 0.343 e. The van der Waals surface area contributed by atoms with Crippen molar-refractivity contribution in [3.8, 4) is 23.0 Å². The molecular formula is C32H32O6. The average molecular weight is 513 g/mol. The second-order valence-electron chi connectivity index (χ2n) is 8.84. The van der Waals surface area contributed by atoms with Crippen molar-refractivity contribution in [1.29, 1.82) is 0 Å². The van der Waals surface area contributed by atoms with Crippen LogP contribution in [-0.4, -0.2) is 25.2 Å². The quantitative estimate of drug-likeness (QED) is 0.110. The Bertz CT molecular complexity index is 1250. The lowest BCUT2D eigenvalue weighted by Crippen LogP contribution is -2.10. The summed E-state index contributed by atoms with van der Waals surface area (Å²) < 4.78 is 22.8. The number of carbonyl (C=O) groups is 2. The van der Waals surface area contributed by atoms with E-state index in [1.54, 1.807) is 72.8 Å². The zero-order valence-electron chi connectivity index (χ0n) is 21.8. The lowest BCUT2D eigenvalue weighted by Gasteiger charge is -2.12. The third-order valence-electron chi connectivity index (χ3n) is 5.96. The summed E-state index contributed by atoms with van der Waals surface area (Å²) in [5.41, 5.74) is 0.823. The standard InChI is InChI=1S/C32H32O6/c1-3-5-21-35-25-17-13-23(14-18-25)31(33)37-29-11-7-10-28-27(29)9-8-12-30(28)38-32(34)24-15-19-26(20-16-24)36-22-6-4-2/h7-20H,3-6,21-22H2,1-2H3. The van der Waals surface area contributed by atoms with Crippen LogP contribution in [0.15, 0.2) is 84.9 Å². The Morgan fingerprint density at radius 2 is 0.947 bits per heavy atom. The van der Waals surface area contributed by atoms with Gasteiger partial charge < -0.3 is 18.9 Å². The molecule has 0 aliphatic heterocycles. The van der Waals surface area contributed by atoms with Crippen LogP contribution in [-0.2, 0) is 0 Å². The van der Waals surface area contributed by atoms with Gasteiger partial charge in [-0.05, 0) is 73.5 Å².